The summed E-state index contributed by atoms with van der Waals surface area (Å²) < 4.78 is 60.0. The minimum atomic E-state index is -0.763. The van der Waals surface area contributed by atoms with Gasteiger partial charge in [0, 0.05) is 5.56 Å². The molecule has 0 spiro atoms. The Kier molecular flexibility index (Phi) is 6.39. The summed E-state index contributed by atoms with van der Waals surface area (Å²) >= 11 is 0. The molecule has 0 radical (unpaired) electrons. The molecule has 10 heteroatoms. The smallest absolute Gasteiger partial charge is 0.190 e. The number of ether oxygens (including phenoxy) is 10. The Morgan fingerprint density at radius 2 is 1.56 bits per heavy atom. The Labute approximate surface area is 210 Å². The van der Waals surface area contributed by atoms with Crippen molar-refractivity contribution in [3.63, 3.8) is 0 Å². The van der Waals surface area contributed by atoms with E-state index in [2.05, 4.69) is 0 Å². The SMILES string of the molecule is COc1ccc(C2OC[C@H]3O[C@@H](OC[C@H]4O[C@@H]5OC(C)(C)O[C@@H]5[C@H]5OC(C)(C)O[C@H]54)C=C[C@@H]3O2)cc1. The van der Waals surface area contributed by atoms with Crippen LogP contribution in [0.2, 0.25) is 0 Å². The molecule has 0 bridgehead atoms. The van der Waals surface area contributed by atoms with E-state index in [9.17, 15) is 0 Å². The minimum absolute atomic E-state index is 0.232. The molecule has 0 saturated carbocycles. The van der Waals surface area contributed by atoms with Crippen LogP contribution in [-0.2, 0) is 42.6 Å². The Morgan fingerprint density at radius 1 is 0.833 bits per heavy atom. The standard InChI is InChI=1S/C26H34O10/c1-25(2)33-20-18(32-24-22(21(20)34-25)35-26(3,4)36-24)13-28-19-11-10-16-17(30-19)12-29-23(31-16)14-6-8-15(27-5)9-7-14/h6-11,16-24H,12-13H2,1-5H3/t16-,17+,18+,19+,20-,21-,22+,23?,24+/m0/s1. The Balaban J connectivity index is 1.07. The fraction of sp³-hybridized carbons (Fsp3) is 0.692. The topological polar surface area (TPSA) is 92.3 Å². The number of rotatable bonds is 5. The second-order valence-corrected chi connectivity index (χ2v) is 10.5. The molecule has 5 aliphatic heterocycles. The predicted molar refractivity (Wildman–Crippen MR) is 123 cm³/mol. The molecule has 36 heavy (non-hydrogen) atoms. The first-order chi connectivity index (χ1) is 17.2. The molecule has 0 aromatic heterocycles. The summed E-state index contributed by atoms with van der Waals surface area (Å²) in [6.07, 6.45) is 0.247. The number of methoxy groups -OCH3 is 1. The van der Waals surface area contributed by atoms with Crippen LogP contribution in [0.25, 0.3) is 0 Å². The molecule has 5 aliphatic rings. The van der Waals surface area contributed by atoms with Crippen molar-refractivity contribution in [3.8, 4) is 5.75 Å². The summed E-state index contributed by atoms with van der Waals surface area (Å²) in [4.78, 5) is 0. The molecule has 1 unspecified atom stereocenters. The summed E-state index contributed by atoms with van der Waals surface area (Å²) in [5.41, 5.74) is 0.923. The van der Waals surface area contributed by atoms with E-state index in [0.717, 1.165) is 11.3 Å². The van der Waals surface area contributed by atoms with E-state index in [1.807, 2.05) is 64.1 Å². The molecular weight excluding hydrogens is 472 g/mol. The number of hydrogen-bond donors (Lipinski definition) is 0. The van der Waals surface area contributed by atoms with Gasteiger partial charge in [0.05, 0.1) is 20.3 Å². The van der Waals surface area contributed by atoms with Crippen molar-refractivity contribution in [2.24, 2.45) is 0 Å². The van der Waals surface area contributed by atoms with E-state index in [0.29, 0.717) is 6.61 Å². The molecule has 10 nitrogen and oxygen atoms in total. The summed E-state index contributed by atoms with van der Waals surface area (Å²) in [7, 11) is 1.64. The third kappa shape index (κ3) is 4.82. The lowest BCUT2D eigenvalue weighted by Crippen LogP contribution is -2.56. The summed E-state index contributed by atoms with van der Waals surface area (Å²) in [5, 5.41) is 0. The maximum Gasteiger partial charge on any atom is 0.190 e. The third-order valence-electron chi connectivity index (χ3n) is 6.89. The first-order valence-electron chi connectivity index (χ1n) is 12.4. The monoisotopic (exact) mass is 506 g/mol. The highest BCUT2D eigenvalue weighted by Crippen LogP contribution is 2.44. The predicted octanol–water partition coefficient (Wildman–Crippen LogP) is 2.80. The second-order valence-electron chi connectivity index (χ2n) is 10.5. The van der Waals surface area contributed by atoms with Gasteiger partial charge in [-0.05, 0) is 45.9 Å². The molecule has 1 aromatic carbocycles. The molecule has 4 saturated heterocycles. The van der Waals surface area contributed by atoms with Gasteiger partial charge in [-0.25, -0.2) is 0 Å². The van der Waals surface area contributed by atoms with E-state index < -0.39 is 36.5 Å². The first kappa shape index (κ1) is 24.7. The molecule has 6 rings (SSSR count). The van der Waals surface area contributed by atoms with Crippen LogP contribution in [0, 0.1) is 0 Å². The van der Waals surface area contributed by atoms with Crippen LogP contribution >= 0.6 is 0 Å². The molecule has 198 valence electrons. The highest BCUT2D eigenvalue weighted by molar-refractivity contribution is 5.28. The second kappa shape index (κ2) is 9.30. The van der Waals surface area contributed by atoms with E-state index in [1.165, 1.54) is 0 Å². The van der Waals surface area contributed by atoms with Crippen LogP contribution in [0.3, 0.4) is 0 Å². The molecular formula is C26H34O10. The van der Waals surface area contributed by atoms with Crippen LogP contribution in [0.15, 0.2) is 36.4 Å². The maximum absolute atomic E-state index is 6.22. The number of hydrogen-bond acceptors (Lipinski definition) is 10. The van der Waals surface area contributed by atoms with Crippen LogP contribution in [0.5, 0.6) is 5.75 Å². The van der Waals surface area contributed by atoms with Gasteiger partial charge >= 0.3 is 0 Å². The normalized spacial score (nSPS) is 42.4. The lowest BCUT2D eigenvalue weighted by molar-refractivity contribution is -0.292. The maximum atomic E-state index is 6.22. The van der Waals surface area contributed by atoms with Gasteiger partial charge in [-0.3, -0.25) is 0 Å². The van der Waals surface area contributed by atoms with Crippen molar-refractivity contribution in [1.82, 2.24) is 0 Å². The summed E-state index contributed by atoms with van der Waals surface area (Å²) in [6, 6.07) is 7.63. The number of fused-ring (bicyclic) bond motifs is 4. The van der Waals surface area contributed by atoms with Crippen LogP contribution in [-0.4, -0.2) is 81.1 Å². The van der Waals surface area contributed by atoms with E-state index in [4.69, 9.17) is 47.4 Å². The molecule has 5 heterocycles. The van der Waals surface area contributed by atoms with Gasteiger partial charge in [-0.1, -0.05) is 18.2 Å². The van der Waals surface area contributed by atoms with Crippen molar-refractivity contribution < 1.29 is 47.4 Å². The molecule has 1 aromatic rings. The fourth-order valence-electron chi connectivity index (χ4n) is 5.30. The van der Waals surface area contributed by atoms with Gasteiger partial charge in [0.25, 0.3) is 0 Å². The third-order valence-corrected chi connectivity index (χ3v) is 6.89. The van der Waals surface area contributed by atoms with Gasteiger partial charge in [0.15, 0.2) is 30.4 Å². The van der Waals surface area contributed by atoms with Crippen LogP contribution in [0.4, 0.5) is 0 Å². The Morgan fingerprint density at radius 3 is 2.33 bits per heavy atom. The lowest BCUT2D eigenvalue weighted by atomic mass is 9.99. The van der Waals surface area contributed by atoms with E-state index in [-0.39, 0.29) is 37.1 Å². The molecule has 4 fully saturated rings. The Hall–Kier alpha value is -1.60. The molecule has 0 amide bonds. The molecule has 9 atom stereocenters. The van der Waals surface area contributed by atoms with Crippen LogP contribution < -0.4 is 4.74 Å². The average Bonchev–Trinajstić information content (AvgIpc) is 3.36. The first-order valence-corrected chi connectivity index (χ1v) is 12.4. The van der Waals surface area contributed by atoms with E-state index >= 15 is 0 Å². The van der Waals surface area contributed by atoms with E-state index in [1.54, 1.807) is 7.11 Å². The van der Waals surface area contributed by atoms with Crippen molar-refractivity contribution in [3.05, 3.63) is 42.0 Å². The van der Waals surface area contributed by atoms with Crippen molar-refractivity contribution in [2.75, 3.05) is 20.3 Å². The van der Waals surface area contributed by atoms with Crippen molar-refractivity contribution in [1.29, 1.82) is 0 Å². The van der Waals surface area contributed by atoms with Gasteiger partial charge < -0.3 is 47.4 Å². The Bertz CT molecular complexity index is 962. The average molecular weight is 507 g/mol. The molecule has 0 aliphatic carbocycles. The lowest BCUT2D eigenvalue weighted by Gasteiger charge is -2.40. The van der Waals surface area contributed by atoms with Gasteiger partial charge in [-0.15, -0.1) is 0 Å². The van der Waals surface area contributed by atoms with Gasteiger partial charge in [0.1, 0.15) is 42.4 Å². The highest BCUT2D eigenvalue weighted by atomic mass is 16.9. The fourth-order valence-corrected chi connectivity index (χ4v) is 5.30. The molecule has 0 N–H and O–H groups in total. The number of benzene rings is 1. The summed E-state index contributed by atoms with van der Waals surface area (Å²) in [5.74, 6) is -0.736. The van der Waals surface area contributed by atoms with Crippen molar-refractivity contribution >= 4 is 0 Å². The zero-order valence-corrected chi connectivity index (χ0v) is 21.2. The highest BCUT2D eigenvalue weighted by Gasteiger charge is 2.60. The largest absolute Gasteiger partial charge is 0.497 e. The summed E-state index contributed by atoms with van der Waals surface area (Å²) in [6.45, 7) is 8.10. The van der Waals surface area contributed by atoms with Gasteiger partial charge in [-0.2, -0.15) is 0 Å². The van der Waals surface area contributed by atoms with Crippen LogP contribution in [0.1, 0.15) is 39.5 Å². The van der Waals surface area contributed by atoms with Gasteiger partial charge in [0.2, 0.25) is 0 Å². The zero-order valence-electron chi connectivity index (χ0n) is 21.2. The zero-order chi connectivity index (χ0) is 25.1. The quantitative estimate of drug-likeness (QED) is 0.555. The minimum Gasteiger partial charge on any atom is -0.497 e. The van der Waals surface area contributed by atoms with Crippen molar-refractivity contribution in [2.45, 2.75) is 94.8 Å².